The second-order valence-electron chi connectivity index (χ2n) is 3.46. The minimum absolute atomic E-state index is 0.108. The zero-order valence-corrected chi connectivity index (χ0v) is 9.15. The van der Waals surface area contributed by atoms with E-state index in [1.54, 1.807) is 0 Å². The Morgan fingerprint density at radius 2 is 2.27 bits per heavy atom. The monoisotopic (exact) mass is 209 g/mol. The molecule has 1 rings (SSSR count). The highest BCUT2D eigenvalue weighted by molar-refractivity contribution is 5.92. The molecular formula is C10H15N3O2. The van der Waals surface area contributed by atoms with E-state index in [1.807, 2.05) is 13.8 Å². The summed E-state index contributed by atoms with van der Waals surface area (Å²) in [7, 11) is 1.52. The first kappa shape index (κ1) is 11.4. The Morgan fingerprint density at radius 1 is 1.60 bits per heavy atom. The van der Waals surface area contributed by atoms with E-state index in [0.29, 0.717) is 0 Å². The molecule has 0 radical (unpaired) electrons. The number of amides is 1. The number of aromatic nitrogens is 2. The van der Waals surface area contributed by atoms with Gasteiger partial charge in [-0.2, -0.15) is 5.10 Å². The average Bonchev–Trinajstić information content (AvgIpc) is 2.21. The van der Waals surface area contributed by atoms with Gasteiger partial charge in [0, 0.05) is 19.2 Å². The predicted octanol–water partition coefficient (Wildman–Crippen LogP) is 0.309. The lowest BCUT2D eigenvalue weighted by Gasteiger charge is -2.10. The van der Waals surface area contributed by atoms with E-state index in [-0.39, 0.29) is 23.2 Å². The van der Waals surface area contributed by atoms with Gasteiger partial charge in [-0.25, -0.2) is 4.68 Å². The van der Waals surface area contributed by atoms with Crippen molar-refractivity contribution >= 4 is 5.91 Å². The van der Waals surface area contributed by atoms with Gasteiger partial charge in [-0.3, -0.25) is 9.59 Å². The largest absolute Gasteiger partial charge is 0.348 e. The highest BCUT2D eigenvalue weighted by atomic mass is 16.2. The molecule has 0 aliphatic rings. The first-order valence-electron chi connectivity index (χ1n) is 4.89. The Labute approximate surface area is 88.1 Å². The average molecular weight is 209 g/mol. The Morgan fingerprint density at radius 3 is 2.80 bits per heavy atom. The number of hydrogen-bond donors (Lipinski definition) is 1. The highest BCUT2D eigenvalue weighted by Crippen LogP contribution is 1.94. The van der Waals surface area contributed by atoms with Crippen LogP contribution in [0.15, 0.2) is 16.9 Å². The lowest BCUT2D eigenvalue weighted by molar-refractivity contribution is 0.0932. The molecule has 0 bridgehead atoms. The van der Waals surface area contributed by atoms with Gasteiger partial charge in [-0.1, -0.05) is 6.92 Å². The Bertz CT molecular complexity index is 411. The van der Waals surface area contributed by atoms with Crippen molar-refractivity contribution < 1.29 is 4.79 Å². The Kier molecular flexibility index (Phi) is 3.60. The van der Waals surface area contributed by atoms with E-state index in [4.69, 9.17) is 0 Å². The van der Waals surface area contributed by atoms with E-state index in [0.717, 1.165) is 11.1 Å². The Hall–Kier alpha value is -1.65. The molecule has 0 fully saturated rings. The van der Waals surface area contributed by atoms with Gasteiger partial charge in [-0.05, 0) is 19.4 Å². The molecule has 1 N–H and O–H groups in total. The first-order chi connectivity index (χ1) is 7.04. The molecule has 1 aromatic heterocycles. The van der Waals surface area contributed by atoms with Gasteiger partial charge in [0.25, 0.3) is 11.5 Å². The minimum atomic E-state index is -0.250. The van der Waals surface area contributed by atoms with Crippen LogP contribution in [0.2, 0.25) is 0 Å². The molecule has 1 unspecified atom stereocenters. The molecule has 0 spiro atoms. The minimum Gasteiger partial charge on any atom is -0.348 e. The quantitative estimate of drug-likeness (QED) is 0.779. The number of nitrogens with one attached hydrogen (secondary N) is 1. The zero-order chi connectivity index (χ0) is 11.4. The molecule has 0 aliphatic heterocycles. The third-order valence-corrected chi connectivity index (χ3v) is 2.18. The fourth-order valence-electron chi connectivity index (χ4n) is 1.02. The molecular weight excluding hydrogens is 194 g/mol. The third kappa shape index (κ3) is 2.90. The summed E-state index contributed by atoms with van der Waals surface area (Å²) in [6.45, 7) is 3.90. The summed E-state index contributed by atoms with van der Waals surface area (Å²) < 4.78 is 1.14. The van der Waals surface area contributed by atoms with Crippen LogP contribution in [0.25, 0.3) is 0 Å². The van der Waals surface area contributed by atoms with Crippen LogP contribution in [-0.4, -0.2) is 21.7 Å². The van der Waals surface area contributed by atoms with Gasteiger partial charge < -0.3 is 5.32 Å². The van der Waals surface area contributed by atoms with Gasteiger partial charge >= 0.3 is 0 Å². The van der Waals surface area contributed by atoms with Crippen LogP contribution in [0.1, 0.15) is 30.8 Å². The van der Waals surface area contributed by atoms with Gasteiger partial charge in [0.1, 0.15) is 5.69 Å². The van der Waals surface area contributed by atoms with Crippen LogP contribution in [0.4, 0.5) is 0 Å². The van der Waals surface area contributed by atoms with Crippen LogP contribution < -0.4 is 10.9 Å². The number of carbonyl (C=O) groups excluding carboxylic acids is 1. The fourth-order valence-corrected chi connectivity index (χ4v) is 1.02. The Balaban J connectivity index is 2.83. The summed E-state index contributed by atoms with van der Waals surface area (Å²) in [6, 6.07) is 2.87. The summed E-state index contributed by atoms with van der Waals surface area (Å²) in [4.78, 5) is 22.6. The zero-order valence-electron chi connectivity index (χ0n) is 9.15. The third-order valence-electron chi connectivity index (χ3n) is 2.18. The first-order valence-corrected chi connectivity index (χ1v) is 4.89. The van der Waals surface area contributed by atoms with E-state index in [1.165, 1.54) is 19.2 Å². The van der Waals surface area contributed by atoms with Crippen molar-refractivity contribution in [1.29, 1.82) is 0 Å². The normalized spacial score (nSPS) is 12.2. The van der Waals surface area contributed by atoms with Crippen LogP contribution in [0.3, 0.4) is 0 Å². The van der Waals surface area contributed by atoms with Crippen LogP contribution in [-0.2, 0) is 7.05 Å². The van der Waals surface area contributed by atoms with E-state index >= 15 is 0 Å². The molecule has 0 aliphatic carbocycles. The molecule has 5 nitrogen and oxygen atoms in total. The maximum atomic E-state index is 11.6. The maximum absolute atomic E-state index is 11.6. The molecule has 0 saturated carbocycles. The van der Waals surface area contributed by atoms with Crippen molar-refractivity contribution in [2.24, 2.45) is 7.05 Å². The van der Waals surface area contributed by atoms with Crippen molar-refractivity contribution in [3.8, 4) is 0 Å². The molecule has 1 aromatic rings. The van der Waals surface area contributed by atoms with E-state index in [2.05, 4.69) is 10.4 Å². The van der Waals surface area contributed by atoms with Gasteiger partial charge in [0.15, 0.2) is 0 Å². The maximum Gasteiger partial charge on any atom is 0.271 e. The van der Waals surface area contributed by atoms with E-state index < -0.39 is 0 Å². The van der Waals surface area contributed by atoms with Gasteiger partial charge in [-0.15, -0.1) is 0 Å². The number of carbonyl (C=O) groups is 1. The fraction of sp³-hybridized carbons (Fsp3) is 0.500. The summed E-state index contributed by atoms with van der Waals surface area (Å²) >= 11 is 0. The molecule has 1 amide bonds. The van der Waals surface area contributed by atoms with Gasteiger partial charge in [0.05, 0.1) is 0 Å². The topological polar surface area (TPSA) is 64.0 Å². The lowest BCUT2D eigenvalue weighted by Crippen LogP contribution is -2.34. The highest BCUT2D eigenvalue weighted by Gasteiger charge is 2.10. The van der Waals surface area contributed by atoms with Crippen molar-refractivity contribution in [1.82, 2.24) is 15.1 Å². The second kappa shape index (κ2) is 4.72. The molecule has 15 heavy (non-hydrogen) atoms. The van der Waals surface area contributed by atoms with Crippen molar-refractivity contribution in [2.75, 3.05) is 0 Å². The second-order valence-corrected chi connectivity index (χ2v) is 3.46. The smallest absolute Gasteiger partial charge is 0.271 e. The van der Waals surface area contributed by atoms with Gasteiger partial charge in [0.2, 0.25) is 0 Å². The molecule has 1 heterocycles. The molecule has 0 aromatic carbocycles. The molecule has 0 saturated heterocycles. The van der Waals surface area contributed by atoms with Crippen molar-refractivity contribution in [2.45, 2.75) is 26.3 Å². The predicted molar refractivity (Wildman–Crippen MR) is 56.7 cm³/mol. The van der Waals surface area contributed by atoms with Crippen molar-refractivity contribution in [3.05, 3.63) is 28.2 Å². The molecule has 5 heteroatoms. The van der Waals surface area contributed by atoms with Crippen LogP contribution in [0.5, 0.6) is 0 Å². The summed E-state index contributed by atoms with van der Waals surface area (Å²) in [6.07, 6.45) is 0.859. The summed E-state index contributed by atoms with van der Waals surface area (Å²) in [5.41, 5.74) is 0.0347. The number of aryl methyl sites for hydroxylation is 1. The van der Waals surface area contributed by atoms with E-state index in [9.17, 15) is 9.59 Å². The SMILES string of the molecule is CCC(C)NC(=O)c1ccc(=O)n(C)n1. The summed E-state index contributed by atoms with van der Waals surface area (Å²) in [5, 5.41) is 6.63. The standard InChI is InChI=1S/C10H15N3O2/c1-4-7(2)11-10(15)8-5-6-9(14)13(3)12-8/h5-7H,4H2,1-3H3,(H,11,15). The molecule has 82 valence electrons. The molecule has 1 atom stereocenters. The number of hydrogen-bond acceptors (Lipinski definition) is 3. The van der Waals surface area contributed by atoms with Crippen molar-refractivity contribution in [3.63, 3.8) is 0 Å². The lowest BCUT2D eigenvalue weighted by atomic mass is 10.2. The number of rotatable bonds is 3. The summed E-state index contributed by atoms with van der Waals surface area (Å²) in [5.74, 6) is -0.250. The van der Waals surface area contributed by atoms with Crippen LogP contribution >= 0.6 is 0 Å². The van der Waals surface area contributed by atoms with Crippen LogP contribution in [0, 0.1) is 0 Å². The number of nitrogens with zero attached hydrogens (tertiary/aromatic N) is 2.